The van der Waals surface area contributed by atoms with Gasteiger partial charge in [0.05, 0.1) is 0 Å². The molecule has 0 atom stereocenters. The maximum Gasteiger partial charge on any atom is 0.344 e. The Morgan fingerprint density at radius 1 is 1.43 bits per heavy atom. The van der Waals surface area contributed by atoms with E-state index in [4.69, 9.17) is 0 Å². The first-order valence-corrected chi connectivity index (χ1v) is 6.05. The van der Waals surface area contributed by atoms with Gasteiger partial charge in [0.25, 0.3) is 0 Å². The summed E-state index contributed by atoms with van der Waals surface area (Å²) in [6.45, 7) is 2.71. The van der Waals surface area contributed by atoms with E-state index in [2.05, 4.69) is 63.9 Å². The summed E-state index contributed by atoms with van der Waals surface area (Å²) in [7, 11) is 2.18. The Morgan fingerprint density at radius 2 is 2.21 bits per heavy atom. The van der Waals surface area contributed by atoms with Crippen LogP contribution >= 0.6 is 22.6 Å². The van der Waals surface area contributed by atoms with Crippen molar-refractivity contribution in [2.24, 2.45) is 0 Å². The Labute approximate surface area is 99.3 Å². The molecule has 0 radical (unpaired) electrons. The van der Waals surface area contributed by atoms with Crippen molar-refractivity contribution in [3.05, 3.63) is 27.8 Å². The standard InChI is InChI=1S/C10H14BIN2/c1-14-8-4-7-13-11(14)9-5-2-3-6-10(9)12/h2-3,5-6,13H,4,7-8H2,1H3. The maximum atomic E-state index is 3.55. The minimum absolute atomic E-state index is 0.400. The summed E-state index contributed by atoms with van der Waals surface area (Å²) in [5.41, 5.74) is 1.40. The van der Waals surface area contributed by atoms with Gasteiger partial charge in [0.15, 0.2) is 0 Å². The van der Waals surface area contributed by atoms with Crippen LogP contribution in [0.4, 0.5) is 0 Å². The van der Waals surface area contributed by atoms with E-state index in [0.29, 0.717) is 6.98 Å². The van der Waals surface area contributed by atoms with E-state index in [1.54, 1.807) is 0 Å². The van der Waals surface area contributed by atoms with Gasteiger partial charge in [-0.2, -0.15) is 0 Å². The van der Waals surface area contributed by atoms with Crippen LogP contribution in [0.5, 0.6) is 0 Å². The van der Waals surface area contributed by atoms with Gasteiger partial charge in [0.1, 0.15) is 0 Å². The van der Waals surface area contributed by atoms with Crippen molar-refractivity contribution in [3.63, 3.8) is 0 Å². The zero-order valence-electron chi connectivity index (χ0n) is 8.33. The molecule has 1 aliphatic heterocycles. The van der Waals surface area contributed by atoms with Gasteiger partial charge >= 0.3 is 6.98 Å². The molecule has 1 N–H and O–H groups in total. The van der Waals surface area contributed by atoms with Crippen LogP contribution in [0.15, 0.2) is 24.3 Å². The zero-order chi connectivity index (χ0) is 9.97. The normalized spacial score (nSPS) is 18.6. The minimum atomic E-state index is 0.400. The van der Waals surface area contributed by atoms with Gasteiger partial charge in [0.2, 0.25) is 0 Å². The van der Waals surface area contributed by atoms with Crippen LogP contribution in [-0.4, -0.2) is 31.9 Å². The molecule has 0 amide bonds. The summed E-state index contributed by atoms with van der Waals surface area (Å²) in [4.78, 5) is 2.38. The molecule has 0 unspecified atom stereocenters. The highest BCUT2D eigenvalue weighted by Crippen LogP contribution is 2.05. The fraction of sp³-hybridized carbons (Fsp3) is 0.400. The van der Waals surface area contributed by atoms with Crippen molar-refractivity contribution in [1.82, 2.24) is 10.0 Å². The van der Waals surface area contributed by atoms with E-state index >= 15 is 0 Å². The second-order valence-corrected chi connectivity index (χ2v) is 4.87. The smallest absolute Gasteiger partial charge is 0.338 e. The molecule has 1 aromatic rings. The second kappa shape index (κ2) is 4.64. The number of halogens is 1. The Bertz CT molecular complexity index is 319. The van der Waals surface area contributed by atoms with Gasteiger partial charge in [0, 0.05) is 3.57 Å². The number of hydrogen-bond donors (Lipinski definition) is 1. The minimum Gasteiger partial charge on any atom is -0.338 e. The summed E-state index contributed by atoms with van der Waals surface area (Å²) >= 11 is 2.41. The van der Waals surface area contributed by atoms with Crippen molar-refractivity contribution in [1.29, 1.82) is 0 Å². The SMILES string of the molecule is CN1CCCNB1c1ccccc1I. The van der Waals surface area contributed by atoms with Crippen LogP contribution in [-0.2, 0) is 0 Å². The van der Waals surface area contributed by atoms with E-state index in [9.17, 15) is 0 Å². The van der Waals surface area contributed by atoms with Gasteiger partial charge in [-0.3, -0.25) is 0 Å². The van der Waals surface area contributed by atoms with Crippen molar-refractivity contribution < 1.29 is 0 Å². The van der Waals surface area contributed by atoms with Crippen molar-refractivity contribution >= 4 is 35.0 Å². The van der Waals surface area contributed by atoms with E-state index < -0.39 is 0 Å². The molecule has 2 rings (SSSR count). The van der Waals surface area contributed by atoms with E-state index in [-0.39, 0.29) is 0 Å². The molecular formula is C10H14BIN2. The number of hydrogen-bond acceptors (Lipinski definition) is 2. The van der Waals surface area contributed by atoms with Crippen LogP contribution in [0.3, 0.4) is 0 Å². The van der Waals surface area contributed by atoms with Crippen LogP contribution in [0.2, 0.25) is 0 Å². The Balaban J connectivity index is 2.25. The molecule has 0 spiro atoms. The lowest BCUT2D eigenvalue weighted by atomic mass is 9.65. The monoisotopic (exact) mass is 300 g/mol. The second-order valence-electron chi connectivity index (χ2n) is 3.71. The molecule has 1 aliphatic rings. The van der Waals surface area contributed by atoms with E-state index in [1.807, 2.05) is 0 Å². The van der Waals surface area contributed by atoms with Gasteiger partial charge in [-0.05, 0) is 60.7 Å². The van der Waals surface area contributed by atoms with Crippen molar-refractivity contribution in [3.8, 4) is 0 Å². The first-order chi connectivity index (χ1) is 6.79. The lowest BCUT2D eigenvalue weighted by Gasteiger charge is -2.31. The molecule has 14 heavy (non-hydrogen) atoms. The summed E-state index contributed by atoms with van der Waals surface area (Å²) in [5, 5.41) is 3.55. The predicted octanol–water partition coefficient (Wildman–Crippen LogP) is 0.912. The average Bonchev–Trinajstić information content (AvgIpc) is 2.20. The summed E-state index contributed by atoms with van der Waals surface area (Å²) in [6.07, 6.45) is 1.25. The molecule has 0 aliphatic carbocycles. The summed E-state index contributed by atoms with van der Waals surface area (Å²) in [6, 6.07) is 8.58. The molecule has 1 heterocycles. The quantitative estimate of drug-likeness (QED) is 0.613. The molecular weight excluding hydrogens is 286 g/mol. The van der Waals surface area contributed by atoms with Crippen LogP contribution in [0.1, 0.15) is 6.42 Å². The van der Waals surface area contributed by atoms with Crippen LogP contribution < -0.4 is 10.7 Å². The zero-order valence-corrected chi connectivity index (χ0v) is 10.5. The van der Waals surface area contributed by atoms with Crippen molar-refractivity contribution in [2.45, 2.75) is 6.42 Å². The fourth-order valence-corrected chi connectivity index (χ4v) is 2.58. The molecule has 2 nitrogen and oxygen atoms in total. The molecule has 0 aromatic heterocycles. The Kier molecular flexibility index (Phi) is 3.46. The highest BCUT2D eigenvalue weighted by Gasteiger charge is 2.26. The summed E-state index contributed by atoms with van der Waals surface area (Å²) in [5.74, 6) is 0. The molecule has 1 aromatic carbocycles. The molecule has 4 heteroatoms. The number of nitrogens with zero attached hydrogens (tertiary/aromatic N) is 1. The molecule has 74 valence electrons. The van der Waals surface area contributed by atoms with Crippen molar-refractivity contribution in [2.75, 3.05) is 20.1 Å². The number of rotatable bonds is 1. The largest absolute Gasteiger partial charge is 0.344 e. The summed E-state index contributed by atoms with van der Waals surface area (Å²) < 4.78 is 1.34. The average molecular weight is 300 g/mol. The topological polar surface area (TPSA) is 15.3 Å². The van der Waals surface area contributed by atoms with E-state index in [0.717, 1.165) is 6.54 Å². The van der Waals surface area contributed by atoms with Crippen LogP contribution in [0.25, 0.3) is 0 Å². The lowest BCUT2D eigenvalue weighted by Crippen LogP contribution is -2.61. The van der Waals surface area contributed by atoms with E-state index in [1.165, 1.54) is 22.0 Å². The molecule has 0 bridgehead atoms. The third-order valence-electron chi connectivity index (χ3n) is 2.67. The fourth-order valence-electron chi connectivity index (χ4n) is 1.90. The van der Waals surface area contributed by atoms with Gasteiger partial charge < -0.3 is 10.0 Å². The first-order valence-electron chi connectivity index (χ1n) is 4.97. The molecule has 1 fully saturated rings. The Hall–Kier alpha value is -0.0651. The third kappa shape index (κ3) is 2.12. The first kappa shape index (κ1) is 10.5. The lowest BCUT2D eigenvalue weighted by molar-refractivity contribution is 0.460. The molecule has 0 saturated carbocycles. The highest BCUT2D eigenvalue weighted by molar-refractivity contribution is 14.1. The third-order valence-corrected chi connectivity index (χ3v) is 3.65. The van der Waals surface area contributed by atoms with Gasteiger partial charge in [-0.1, -0.05) is 18.2 Å². The van der Waals surface area contributed by atoms with Gasteiger partial charge in [-0.25, -0.2) is 0 Å². The van der Waals surface area contributed by atoms with Crippen LogP contribution in [0, 0.1) is 3.57 Å². The maximum absolute atomic E-state index is 3.55. The number of nitrogens with one attached hydrogen (secondary N) is 1. The number of benzene rings is 1. The predicted molar refractivity (Wildman–Crippen MR) is 69.8 cm³/mol. The highest BCUT2D eigenvalue weighted by atomic mass is 127. The van der Waals surface area contributed by atoms with Gasteiger partial charge in [-0.15, -0.1) is 0 Å². The Morgan fingerprint density at radius 3 is 2.93 bits per heavy atom. The molecule has 1 saturated heterocycles.